The second kappa shape index (κ2) is 5.85. The first-order chi connectivity index (χ1) is 8.69. The number of rotatable bonds is 3. The van der Waals surface area contributed by atoms with Crippen LogP contribution in [0.3, 0.4) is 0 Å². The number of piperazine rings is 1. The maximum atomic E-state index is 8.91. The second-order valence-corrected chi connectivity index (χ2v) is 4.96. The van der Waals surface area contributed by atoms with E-state index in [1.54, 1.807) is 0 Å². The summed E-state index contributed by atoms with van der Waals surface area (Å²) >= 11 is 0. The zero-order valence-electron chi connectivity index (χ0n) is 11.1. The van der Waals surface area contributed by atoms with E-state index in [9.17, 15) is 0 Å². The molecule has 18 heavy (non-hydrogen) atoms. The van der Waals surface area contributed by atoms with E-state index in [2.05, 4.69) is 35.3 Å². The highest BCUT2D eigenvalue weighted by Crippen LogP contribution is 2.15. The van der Waals surface area contributed by atoms with Crippen molar-refractivity contribution in [1.29, 1.82) is 5.26 Å². The summed E-state index contributed by atoms with van der Waals surface area (Å²) in [5, 5.41) is 12.4. The third-order valence-electron chi connectivity index (χ3n) is 3.37. The summed E-state index contributed by atoms with van der Waals surface area (Å²) in [6.07, 6.45) is 0. The van der Waals surface area contributed by atoms with Crippen LogP contribution < -0.4 is 10.2 Å². The first kappa shape index (κ1) is 12.9. The van der Waals surface area contributed by atoms with Crippen LogP contribution in [0, 0.1) is 11.3 Å². The molecule has 0 aliphatic carbocycles. The van der Waals surface area contributed by atoms with Gasteiger partial charge in [-0.1, -0.05) is 6.07 Å². The van der Waals surface area contributed by atoms with Gasteiger partial charge in [0.25, 0.3) is 0 Å². The number of anilines is 1. The summed E-state index contributed by atoms with van der Waals surface area (Å²) in [5.74, 6) is 0. The lowest BCUT2D eigenvalue weighted by molar-refractivity contribution is 0.241. The molecule has 1 saturated heterocycles. The van der Waals surface area contributed by atoms with Gasteiger partial charge in [-0.2, -0.15) is 5.26 Å². The monoisotopic (exact) mass is 244 g/mol. The molecule has 1 aromatic rings. The van der Waals surface area contributed by atoms with Crippen molar-refractivity contribution in [3.8, 4) is 6.07 Å². The molecule has 1 fully saturated rings. The molecule has 1 atom stereocenters. The van der Waals surface area contributed by atoms with Crippen molar-refractivity contribution >= 4 is 5.69 Å². The van der Waals surface area contributed by atoms with Crippen molar-refractivity contribution < 1.29 is 0 Å². The molecule has 1 aliphatic rings. The van der Waals surface area contributed by atoms with Crippen molar-refractivity contribution in [1.82, 2.24) is 10.2 Å². The number of nitriles is 1. The summed E-state index contributed by atoms with van der Waals surface area (Å²) in [4.78, 5) is 4.55. The van der Waals surface area contributed by atoms with Gasteiger partial charge in [-0.15, -0.1) is 0 Å². The largest absolute Gasteiger partial charge is 0.373 e. The fourth-order valence-electron chi connectivity index (χ4n) is 2.36. The molecule has 0 saturated carbocycles. The van der Waals surface area contributed by atoms with E-state index >= 15 is 0 Å². The fourth-order valence-corrected chi connectivity index (χ4v) is 2.36. The van der Waals surface area contributed by atoms with E-state index in [-0.39, 0.29) is 0 Å². The van der Waals surface area contributed by atoms with Crippen LogP contribution in [-0.2, 0) is 0 Å². The zero-order valence-corrected chi connectivity index (χ0v) is 11.1. The van der Waals surface area contributed by atoms with E-state index in [1.165, 1.54) is 0 Å². The standard InChI is InChI=1S/C14H20N4/c1-17-7-6-16-13(10-17)11-18(2)14-5-3-4-12(8-14)9-15/h3-5,8,13,16H,6-7,10-11H2,1-2H3. The summed E-state index contributed by atoms with van der Waals surface area (Å²) in [6.45, 7) is 4.19. The lowest BCUT2D eigenvalue weighted by Gasteiger charge is -2.34. The minimum Gasteiger partial charge on any atom is -0.373 e. The normalized spacial score (nSPS) is 20.4. The van der Waals surface area contributed by atoms with E-state index < -0.39 is 0 Å². The molecule has 0 radical (unpaired) electrons. The van der Waals surface area contributed by atoms with Gasteiger partial charge in [0.05, 0.1) is 11.6 Å². The fraction of sp³-hybridized carbons (Fsp3) is 0.500. The molecule has 0 bridgehead atoms. The smallest absolute Gasteiger partial charge is 0.0992 e. The lowest BCUT2D eigenvalue weighted by atomic mass is 10.1. The van der Waals surface area contributed by atoms with Crippen molar-refractivity contribution in [2.45, 2.75) is 6.04 Å². The predicted molar refractivity (Wildman–Crippen MR) is 73.7 cm³/mol. The van der Waals surface area contributed by atoms with Gasteiger partial charge in [-0.25, -0.2) is 0 Å². The summed E-state index contributed by atoms with van der Waals surface area (Å²) in [6, 6.07) is 10.4. The van der Waals surface area contributed by atoms with Gasteiger partial charge in [0, 0.05) is 45.0 Å². The second-order valence-electron chi connectivity index (χ2n) is 4.96. The SMILES string of the molecule is CN1CCNC(CN(C)c2cccc(C#N)c2)C1. The van der Waals surface area contributed by atoms with Crippen molar-refractivity contribution in [3.05, 3.63) is 29.8 Å². The molecule has 1 unspecified atom stereocenters. The molecule has 2 rings (SSSR count). The van der Waals surface area contributed by atoms with Crippen LogP contribution in [0.25, 0.3) is 0 Å². The van der Waals surface area contributed by atoms with E-state index in [1.807, 2.05) is 24.3 Å². The first-order valence-electron chi connectivity index (χ1n) is 6.32. The Balaban J connectivity index is 1.98. The van der Waals surface area contributed by atoms with E-state index in [0.717, 1.165) is 31.9 Å². The lowest BCUT2D eigenvalue weighted by Crippen LogP contribution is -2.53. The Morgan fingerprint density at radius 2 is 2.39 bits per heavy atom. The predicted octanol–water partition coefficient (Wildman–Crippen LogP) is 0.898. The van der Waals surface area contributed by atoms with Crippen molar-refractivity contribution in [2.24, 2.45) is 0 Å². The van der Waals surface area contributed by atoms with E-state index in [0.29, 0.717) is 11.6 Å². The number of hydrogen-bond acceptors (Lipinski definition) is 4. The summed E-state index contributed by atoms with van der Waals surface area (Å²) in [5.41, 5.74) is 1.82. The number of benzene rings is 1. The first-order valence-corrected chi connectivity index (χ1v) is 6.32. The van der Waals surface area contributed by atoms with Gasteiger partial charge >= 0.3 is 0 Å². The van der Waals surface area contributed by atoms with Gasteiger partial charge in [0.15, 0.2) is 0 Å². The van der Waals surface area contributed by atoms with Crippen LogP contribution in [0.15, 0.2) is 24.3 Å². The molecule has 1 N–H and O–H groups in total. The molecule has 0 aromatic heterocycles. The van der Waals surface area contributed by atoms with Gasteiger partial charge in [-0.05, 0) is 25.2 Å². The topological polar surface area (TPSA) is 42.3 Å². The minimum atomic E-state index is 0.486. The van der Waals surface area contributed by atoms with Crippen LogP contribution in [0.5, 0.6) is 0 Å². The molecular weight excluding hydrogens is 224 g/mol. The number of nitrogens with zero attached hydrogens (tertiary/aromatic N) is 3. The van der Waals surface area contributed by atoms with Gasteiger partial charge in [0.1, 0.15) is 0 Å². The van der Waals surface area contributed by atoms with Crippen LogP contribution in [0.4, 0.5) is 5.69 Å². The highest BCUT2D eigenvalue weighted by atomic mass is 15.2. The Morgan fingerprint density at radius 1 is 1.56 bits per heavy atom. The van der Waals surface area contributed by atoms with Crippen LogP contribution in [0.1, 0.15) is 5.56 Å². The quantitative estimate of drug-likeness (QED) is 0.858. The third-order valence-corrected chi connectivity index (χ3v) is 3.37. The molecule has 1 heterocycles. The van der Waals surface area contributed by atoms with Gasteiger partial charge in [-0.3, -0.25) is 0 Å². The Hall–Kier alpha value is -1.57. The number of likely N-dealkylation sites (N-methyl/N-ethyl adjacent to an activating group) is 2. The highest BCUT2D eigenvalue weighted by Gasteiger charge is 2.18. The maximum absolute atomic E-state index is 8.91. The van der Waals surface area contributed by atoms with Gasteiger partial charge in [0.2, 0.25) is 0 Å². The van der Waals surface area contributed by atoms with E-state index in [4.69, 9.17) is 5.26 Å². The average Bonchev–Trinajstić information content (AvgIpc) is 2.39. The molecule has 0 spiro atoms. The van der Waals surface area contributed by atoms with Crippen LogP contribution >= 0.6 is 0 Å². The maximum Gasteiger partial charge on any atom is 0.0992 e. The molecule has 4 nitrogen and oxygen atoms in total. The molecule has 4 heteroatoms. The molecule has 1 aliphatic heterocycles. The molecule has 0 amide bonds. The van der Waals surface area contributed by atoms with Crippen molar-refractivity contribution in [3.63, 3.8) is 0 Å². The summed E-state index contributed by atoms with van der Waals surface area (Å²) in [7, 11) is 4.23. The summed E-state index contributed by atoms with van der Waals surface area (Å²) < 4.78 is 0. The van der Waals surface area contributed by atoms with Crippen LogP contribution in [-0.4, -0.2) is 51.2 Å². The van der Waals surface area contributed by atoms with Crippen LogP contribution in [0.2, 0.25) is 0 Å². The Morgan fingerprint density at radius 3 is 3.11 bits per heavy atom. The molecule has 1 aromatic carbocycles. The number of nitrogens with one attached hydrogen (secondary N) is 1. The molecular formula is C14H20N4. The van der Waals surface area contributed by atoms with Gasteiger partial charge < -0.3 is 15.1 Å². The van der Waals surface area contributed by atoms with Crippen molar-refractivity contribution in [2.75, 3.05) is 45.2 Å². The Labute approximate surface area is 109 Å². The number of hydrogen-bond donors (Lipinski definition) is 1. The zero-order chi connectivity index (χ0) is 13.0. The molecule has 96 valence electrons. The minimum absolute atomic E-state index is 0.486. The highest BCUT2D eigenvalue weighted by molar-refractivity contribution is 5.51. The third kappa shape index (κ3) is 3.22. The Bertz CT molecular complexity index is 438. The Kier molecular flexibility index (Phi) is 4.19. The average molecular weight is 244 g/mol.